The van der Waals surface area contributed by atoms with Crippen molar-refractivity contribution in [3.05, 3.63) is 58.6 Å². The number of nitrogens with zero attached hydrogens (tertiary/aromatic N) is 3. The Hall–Kier alpha value is -2.94. The average molecular weight is 363 g/mol. The molecule has 9 heteroatoms. The normalized spacial score (nSPS) is 11.4. The van der Waals surface area contributed by atoms with Crippen LogP contribution in [0.1, 0.15) is 6.92 Å². The first-order chi connectivity index (χ1) is 11.8. The maximum atomic E-state index is 12.4. The number of ether oxygens (including phenoxy) is 1. The molecule has 132 valence electrons. The van der Waals surface area contributed by atoms with Gasteiger partial charge in [0.05, 0.1) is 22.1 Å². The van der Waals surface area contributed by atoms with Crippen LogP contribution >= 0.6 is 0 Å². The highest BCUT2D eigenvalue weighted by Gasteiger charge is 2.19. The summed E-state index contributed by atoms with van der Waals surface area (Å²) in [4.78, 5) is 14.1. The minimum absolute atomic E-state index is 0.0567. The first-order valence-corrected chi connectivity index (χ1v) is 8.78. The second-order valence-electron chi connectivity index (χ2n) is 4.94. The predicted octanol–water partition coefficient (Wildman–Crippen LogP) is 2.97. The maximum Gasteiger partial charge on any atom is 0.269 e. The highest BCUT2D eigenvalue weighted by Crippen LogP contribution is 2.20. The van der Waals surface area contributed by atoms with Gasteiger partial charge in [-0.1, -0.05) is 0 Å². The van der Waals surface area contributed by atoms with E-state index in [2.05, 4.69) is 4.99 Å². The second-order valence-corrected chi connectivity index (χ2v) is 6.94. The third-order valence-corrected chi connectivity index (χ3v) is 4.96. The Kier molecular flexibility index (Phi) is 5.71. The van der Waals surface area contributed by atoms with E-state index in [1.165, 1.54) is 25.5 Å². The number of hydrogen-bond acceptors (Lipinski definition) is 6. The van der Waals surface area contributed by atoms with Crippen molar-refractivity contribution in [2.45, 2.75) is 11.8 Å². The van der Waals surface area contributed by atoms with Crippen molar-refractivity contribution in [3.63, 3.8) is 0 Å². The standard InChI is InChI=1S/C16H17N3O5S/c1-3-24-15-8-4-13(5-9-15)17-12-18(2)25(22,23)16-10-6-14(7-11-16)19(20)21/h4-12H,3H2,1-2H3. The van der Waals surface area contributed by atoms with Crippen LogP contribution < -0.4 is 4.74 Å². The molecule has 25 heavy (non-hydrogen) atoms. The van der Waals surface area contributed by atoms with Crippen molar-refractivity contribution < 1.29 is 18.1 Å². The van der Waals surface area contributed by atoms with E-state index in [0.29, 0.717) is 18.0 Å². The lowest BCUT2D eigenvalue weighted by molar-refractivity contribution is -0.384. The van der Waals surface area contributed by atoms with Crippen molar-refractivity contribution in [2.24, 2.45) is 4.99 Å². The number of sulfonamides is 1. The number of non-ortho nitro benzene ring substituents is 1. The third kappa shape index (κ3) is 4.54. The molecule has 2 aromatic rings. The average Bonchev–Trinajstić information content (AvgIpc) is 2.61. The predicted molar refractivity (Wildman–Crippen MR) is 93.8 cm³/mol. The molecule has 2 rings (SSSR count). The van der Waals surface area contributed by atoms with Gasteiger partial charge >= 0.3 is 0 Å². The van der Waals surface area contributed by atoms with Crippen molar-refractivity contribution in [3.8, 4) is 5.75 Å². The smallest absolute Gasteiger partial charge is 0.269 e. The lowest BCUT2D eigenvalue weighted by Gasteiger charge is -2.13. The van der Waals surface area contributed by atoms with E-state index in [-0.39, 0.29) is 10.6 Å². The van der Waals surface area contributed by atoms with Gasteiger partial charge < -0.3 is 4.74 Å². The van der Waals surface area contributed by atoms with Gasteiger partial charge in [-0.05, 0) is 43.3 Å². The zero-order valence-electron chi connectivity index (χ0n) is 13.7. The minimum Gasteiger partial charge on any atom is -0.494 e. The van der Waals surface area contributed by atoms with Gasteiger partial charge in [0.15, 0.2) is 0 Å². The molecule has 0 aliphatic rings. The molecule has 0 spiro atoms. The molecule has 0 bridgehead atoms. The molecule has 0 N–H and O–H groups in total. The molecule has 0 heterocycles. The van der Waals surface area contributed by atoms with Crippen LogP contribution in [0.2, 0.25) is 0 Å². The maximum absolute atomic E-state index is 12.4. The van der Waals surface area contributed by atoms with Crippen LogP contribution in [0.3, 0.4) is 0 Å². The summed E-state index contributed by atoms with van der Waals surface area (Å²) in [6.07, 6.45) is 1.17. The van der Waals surface area contributed by atoms with E-state index in [1.54, 1.807) is 24.3 Å². The fourth-order valence-electron chi connectivity index (χ4n) is 1.91. The summed E-state index contributed by atoms with van der Waals surface area (Å²) in [6, 6.07) is 11.5. The molecule has 0 aliphatic carbocycles. The molecule has 0 saturated carbocycles. The van der Waals surface area contributed by atoms with Gasteiger partial charge in [-0.15, -0.1) is 0 Å². The highest BCUT2D eigenvalue weighted by molar-refractivity contribution is 7.89. The van der Waals surface area contributed by atoms with E-state index in [9.17, 15) is 18.5 Å². The SMILES string of the molecule is CCOc1ccc(N=CN(C)S(=O)(=O)c2ccc([N+](=O)[O-])cc2)cc1. The van der Waals surface area contributed by atoms with Crippen molar-refractivity contribution in [1.82, 2.24) is 4.31 Å². The zero-order valence-corrected chi connectivity index (χ0v) is 14.5. The molecule has 8 nitrogen and oxygen atoms in total. The largest absolute Gasteiger partial charge is 0.494 e. The van der Waals surface area contributed by atoms with Gasteiger partial charge in [-0.2, -0.15) is 0 Å². The van der Waals surface area contributed by atoms with Gasteiger partial charge in [-0.25, -0.2) is 13.4 Å². The molecule has 0 amide bonds. The van der Waals surface area contributed by atoms with E-state index in [0.717, 1.165) is 16.4 Å². The molecule has 0 radical (unpaired) electrons. The van der Waals surface area contributed by atoms with E-state index in [1.807, 2.05) is 6.92 Å². The highest BCUT2D eigenvalue weighted by atomic mass is 32.2. The minimum atomic E-state index is -3.83. The van der Waals surface area contributed by atoms with Gasteiger partial charge in [0, 0.05) is 19.2 Å². The van der Waals surface area contributed by atoms with Crippen LogP contribution in [0.15, 0.2) is 58.4 Å². The second kappa shape index (κ2) is 7.75. The third-order valence-electron chi connectivity index (χ3n) is 3.24. The molecular weight excluding hydrogens is 346 g/mol. The number of benzene rings is 2. The molecule has 0 atom stereocenters. The number of nitro benzene ring substituents is 1. The Bertz CT molecular complexity index is 862. The molecule has 0 aliphatic heterocycles. The Morgan fingerprint density at radius 3 is 2.28 bits per heavy atom. The first-order valence-electron chi connectivity index (χ1n) is 7.34. The van der Waals surface area contributed by atoms with Gasteiger partial charge in [0.1, 0.15) is 12.1 Å². The van der Waals surface area contributed by atoms with Gasteiger partial charge in [0.2, 0.25) is 0 Å². The summed E-state index contributed by atoms with van der Waals surface area (Å²) in [5.41, 5.74) is 0.388. The summed E-state index contributed by atoms with van der Waals surface area (Å²) >= 11 is 0. The number of hydrogen-bond donors (Lipinski definition) is 0. The molecule has 0 aromatic heterocycles. The molecule has 0 fully saturated rings. The molecule has 0 unspecified atom stereocenters. The lowest BCUT2D eigenvalue weighted by atomic mass is 10.3. The fraction of sp³-hybridized carbons (Fsp3) is 0.188. The lowest BCUT2D eigenvalue weighted by Crippen LogP contribution is -2.25. The quantitative estimate of drug-likeness (QED) is 0.326. The van der Waals surface area contributed by atoms with E-state index >= 15 is 0 Å². The summed E-state index contributed by atoms with van der Waals surface area (Å²) < 4.78 is 31.1. The van der Waals surface area contributed by atoms with Crippen LogP contribution in [0.25, 0.3) is 0 Å². The first kappa shape index (κ1) is 18.4. The summed E-state index contributed by atoms with van der Waals surface area (Å²) in [6.45, 7) is 2.43. The molecule has 2 aromatic carbocycles. The van der Waals surface area contributed by atoms with Gasteiger partial charge in [0.25, 0.3) is 15.7 Å². The monoisotopic (exact) mass is 363 g/mol. The fourth-order valence-corrected chi connectivity index (χ4v) is 2.90. The Morgan fingerprint density at radius 2 is 1.76 bits per heavy atom. The van der Waals surface area contributed by atoms with Crippen molar-refractivity contribution >= 4 is 27.7 Å². The number of rotatable bonds is 7. The van der Waals surface area contributed by atoms with Crippen LogP contribution in [0.4, 0.5) is 11.4 Å². The summed E-state index contributed by atoms with van der Waals surface area (Å²) in [7, 11) is -2.49. The van der Waals surface area contributed by atoms with Crippen LogP contribution in [-0.2, 0) is 10.0 Å². The molecular formula is C16H17N3O5S. The summed E-state index contributed by atoms with van der Waals surface area (Å²) in [5.74, 6) is 0.702. The zero-order chi connectivity index (χ0) is 18.4. The van der Waals surface area contributed by atoms with Crippen LogP contribution in [-0.4, -0.2) is 37.6 Å². The van der Waals surface area contributed by atoms with Crippen LogP contribution in [0.5, 0.6) is 5.75 Å². The van der Waals surface area contributed by atoms with Crippen molar-refractivity contribution in [1.29, 1.82) is 0 Å². The summed E-state index contributed by atoms with van der Waals surface area (Å²) in [5, 5.41) is 10.6. The Labute approximate surface area is 145 Å². The van der Waals surface area contributed by atoms with Gasteiger partial charge in [-0.3, -0.25) is 14.4 Å². The van der Waals surface area contributed by atoms with E-state index in [4.69, 9.17) is 4.74 Å². The van der Waals surface area contributed by atoms with Crippen LogP contribution in [0, 0.1) is 10.1 Å². The Balaban J connectivity index is 2.14. The number of nitro groups is 1. The topological polar surface area (TPSA) is 102 Å². The van der Waals surface area contributed by atoms with E-state index < -0.39 is 14.9 Å². The number of aliphatic imine (C=N–C) groups is 1. The van der Waals surface area contributed by atoms with Crippen molar-refractivity contribution in [2.75, 3.05) is 13.7 Å². The Morgan fingerprint density at radius 1 is 1.16 bits per heavy atom. The molecule has 0 saturated heterocycles.